The lowest BCUT2D eigenvalue weighted by Gasteiger charge is -2.03. The summed E-state index contributed by atoms with van der Waals surface area (Å²) in [5.41, 5.74) is 1.44. The minimum atomic E-state index is -1.04. The second kappa shape index (κ2) is 8.45. The summed E-state index contributed by atoms with van der Waals surface area (Å²) in [6.45, 7) is 7.32. The second-order valence-electron chi connectivity index (χ2n) is 3.95. The van der Waals surface area contributed by atoms with Crippen molar-refractivity contribution < 1.29 is 14.3 Å². The van der Waals surface area contributed by atoms with Crippen molar-refractivity contribution in [1.82, 2.24) is 0 Å². The van der Waals surface area contributed by atoms with E-state index < -0.39 is 11.8 Å². The normalized spacial score (nSPS) is 14.9. The molecule has 0 spiro atoms. The van der Waals surface area contributed by atoms with Crippen LogP contribution < -0.4 is 0 Å². The Morgan fingerprint density at radius 2 is 1.89 bits per heavy atom. The van der Waals surface area contributed by atoms with E-state index in [1.54, 1.807) is 19.1 Å². The van der Waals surface area contributed by atoms with Gasteiger partial charge in [0.1, 0.15) is 5.83 Å². The van der Waals surface area contributed by atoms with Gasteiger partial charge in [-0.25, -0.2) is 9.18 Å². The lowest BCUT2D eigenvalue weighted by molar-refractivity contribution is -0.132. The van der Waals surface area contributed by atoms with E-state index in [1.165, 1.54) is 12.2 Å². The molecule has 0 aromatic carbocycles. The number of hydrogen-bond acceptors (Lipinski definition) is 1. The molecule has 0 aliphatic heterocycles. The van der Waals surface area contributed by atoms with Crippen LogP contribution in [-0.4, -0.2) is 11.1 Å². The summed E-state index contributed by atoms with van der Waals surface area (Å²) in [5.74, 6) is -1.46. The van der Waals surface area contributed by atoms with Crippen molar-refractivity contribution in [3.63, 3.8) is 0 Å². The summed E-state index contributed by atoms with van der Waals surface area (Å²) in [6.07, 6.45) is 7.23. The molecule has 0 heterocycles. The van der Waals surface area contributed by atoms with Crippen molar-refractivity contribution in [3.05, 3.63) is 46.9 Å². The molecule has 0 unspecified atom stereocenters. The maximum atomic E-state index is 13.7. The van der Waals surface area contributed by atoms with E-state index in [4.69, 9.17) is 5.11 Å². The fourth-order valence-corrected chi connectivity index (χ4v) is 1.38. The third kappa shape index (κ3) is 5.62. The Hall–Kier alpha value is -1.64. The van der Waals surface area contributed by atoms with Crippen molar-refractivity contribution in [1.29, 1.82) is 0 Å². The largest absolute Gasteiger partial charge is 0.478 e. The van der Waals surface area contributed by atoms with Gasteiger partial charge in [-0.15, -0.1) is 0 Å². The third-order valence-corrected chi connectivity index (χ3v) is 2.50. The predicted octanol–water partition coefficient (Wildman–Crippen LogP) is 4.56. The highest BCUT2D eigenvalue weighted by atomic mass is 19.1. The van der Waals surface area contributed by atoms with Crippen LogP contribution in [0.2, 0.25) is 0 Å². The van der Waals surface area contributed by atoms with Crippen LogP contribution in [0.1, 0.15) is 40.5 Å². The number of carboxylic acid groups (broad SMARTS) is 1. The maximum Gasteiger partial charge on any atom is 0.335 e. The Kier molecular flexibility index (Phi) is 7.68. The van der Waals surface area contributed by atoms with Crippen LogP contribution in [0.4, 0.5) is 4.39 Å². The molecule has 1 N–H and O–H groups in total. The van der Waals surface area contributed by atoms with E-state index in [2.05, 4.69) is 0 Å². The Balaban J connectivity index is 5.30. The summed E-state index contributed by atoms with van der Waals surface area (Å²) < 4.78 is 13.7. The zero-order valence-electron chi connectivity index (χ0n) is 11.5. The van der Waals surface area contributed by atoms with Crippen LogP contribution in [0.25, 0.3) is 0 Å². The van der Waals surface area contributed by atoms with Crippen molar-refractivity contribution in [2.45, 2.75) is 40.5 Å². The maximum absolute atomic E-state index is 13.7. The molecule has 100 valence electrons. The molecule has 0 amide bonds. The molecule has 0 fully saturated rings. The Labute approximate surface area is 108 Å². The lowest BCUT2D eigenvalue weighted by Crippen LogP contribution is -2.02. The summed E-state index contributed by atoms with van der Waals surface area (Å²) >= 11 is 0. The molecule has 0 bridgehead atoms. The highest BCUT2D eigenvalue weighted by molar-refractivity contribution is 5.92. The van der Waals surface area contributed by atoms with Gasteiger partial charge in [0.2, 0.25) is 0 Å². The average molecular weight is 252 g/mol. The van der Waals surface area contributed by atoms with Gasteiger partial charge in [0, 0.05) is 0 Å². The van der Waals surface area contributed by atoms with Gasteiger partial charge >= 0.3 is 5.97 Å². The summed E-state index contributed by atoms with van der Waals surface area (Å²) in [4.78, 5) is 11.1. The van der Waals surface area contributed by atoms with Gasteiger partial charge in [-0.1, -0.05) is 31.6 Å². The first-order valence-corrected chi connectivity index (χ1v) is 6.10. The number of rotatable bonds is 6. The van der Waals surface area contributed by atoms with E-state index in [0.717, 1.165) is 12.0 Å². The Morgan fingerprint density at radius 1 is 1.28 bits per heavy atom. The third-order valence-electron chi connectivity index (χ3n) is 2.50. The highest BCUT2D eigenvalue weighted by Crippen LogP contribution is 2.17. The molecule has 0 radical (unpaired) electrons. The number of halogens is 1. The van der Waals surface area contributed by atoms with E-state index >= 15 is 0 Å². The molecule has 0 aromatic rings. The van der Waals surface area contributed by atoms with Gasteiger partial charge in [-0.2, -0.15) is 0 Å². The minimum Gasteiger partial charge on any atom is -0.478 e. The quantitative estimate of drug-likeness (QED) is 0.555. The lowest BCUT2D eigenvalue weighted by atomic mass is 10.0. The molecule has 2 nitrogen and oxygen atoms in total. The Bertz CT molecular complexity index is 412. The van der Waals surface area contributed by atoms with Gasteiger partial charge in [0.25, 0.3) is 0 Å². The molecule has 0 aliphatic rings. The zero-order chi connectivity index (χ0) is 14.1. The topological polar surface area (TPSA) is 37.3 Å². The van der Waals surface area contributed by atoms with Crippen molar-refractivity contribution in [2.75, 3.05) is 0 Å². The fraction of sp³-hybridized carbons (Fsp3) is 0.400. The van der Waals surface area contributed by atoms with Crippen LogP contribution in [0.3, 0.4) is 0 Å². The molecule has 0 aliphatic carbocycles. The summed E-state index contributed by atoms with van der Waals surface area (Å²) in [6, 6.07) is 0. The van der Waals surface area contributed by atoms with E-state index in [0.29, 0.717) is 12.0 Å². The molecule has 3 heteroatoms. The smallest absolute Gasteiger partial charge is 0.335 e. The van der Waals surface area contributed by atoms with Gasteiger partial charge in [0.15, 0.2) is 0 Å². The average Bonchev–Trinajstić information content (AvgIpc) is 2.32. The first kappa shape index (κ1) is 16.4. The highest BCUT2D eigenvalue weighted by Gasteiger charge is 2.10. The van der Waals surface area contributed by atoms with E-state index in [-0.39, 0.29) is 5.57 Å². The van der Waals surface area contributed by atoms with Gasteiger partial charge in [0.05, 0.1) is 5.57 Å². The van der Waals surface area contributed by atoms with Gasteiger partial charge in [-0.3, -0.25) is 0 Å². The monoisotopic (exact) mass is 252 g/mol. The summed E-state index contributed by atoms with van der Waals surface area (Å²) in [7, 11) is 0. The first-order chi connectivity index (χ1) is 8.46. The van der Waals surface area contributed by atoms with Crippen molar-refractivity contribution in [2.24, 2.45) is 0 Å². The van der Waals surface area contributed by atoms with Crippen LogP contribution in [0.5, 0.6) is 0 Å². The van der Waals surface area contributed by atoms with Crippen LogP contribution in [-0.2, 0) is 4.79 Å². The number of carboxylic acids is 1. The standard InChI is InChI=1S/C15H21FO2/c1-5-8-14(15(17)18)12(7-3)10-13(16)9-11(4)6-2/h7-10H,5-6H2,1-4H3,(H,17,18)/b11-9?,12-7+,13-10+,14-8-. The summed E-state index contributed by atoms with van der Waals surface area (Å²) in [5, 5.41) is 9.07. The SMILES string of the molecule is C/C=C(\C=C(\F)C=C(C)CC)C(=C/CC)/C(=O)O. The van der Waals surface area contributed by atoms with Crippen LogP contribution in [0.15, 0.2) is 46.9 Å². The molecule has 0 saturated carbocycles. The van der Waals surface area contributed by atoms with Gasteiger partial charge < -0.3 is 5.11 Å². The van der Waals surface area contributed by atoms with Crippen molar-refractivity contribution in [3.8, 4) is 0 Å². The number of aliphatic carboxylic acids is 1. The molecule has 0 atom stereocenters. The van der Waals surface area contributed by atoms with E-state index in [1.807, 2.05) is 20.8 Å². The molecule has 0 saturated heterocycles. The number of allylic oxidation sites excluding steroid dienone is 6. The van der Waals surface area contributed by atoms with E-state index in [9.17, 15) is 9.18 Å². The fourth-order valence-electron chi connectivity index (χ4n) is 1.38. The molecule has 0 aromatic heterocycles. The molecular weight excluding hydrogens is 231 g/mol. The number of hydrogen-bond donors (Lipinski definition) is 1. The number of carbonyl (C=O) groups is 1. The minimum absolute atomic E-state index is 0.137. The molecule has 0 rings (SSSR count). The second-order valence-corrected chi connectivity index (χ2v) is 3.95. The molecular formula is C15H21FO2. The zero-order valence-corrected chi connectivity index (χ0v) is 11.5. The van der Waals surface area contributed by atoms with Crippen LogP contribution in [0, 0.1) is 0 Å². The first-order valence-electron chi connectivity index (χ1n) is 6.10. The Morgan fingerprint density at radius 3 is 2.28 bits per heavy atom. The van der Waals surface area contributed by atoms with Crippen LogP contribution >= 0.6 is 0 Å². The molecule has 18 heavy (non-hydrogen) atoms. The van der Waals surface area contributed by atoms with Gasteiger partial charge in [-0.05, 0) is 44.4 Å². The van der Waals surface area contributed by atoms with Crippen molar-refractivity contribution >= 4 is 5.97 Å². The predicted molar refractivity (Wildman–Crippen MR) is 73.0 cm³/mol.